The minimum atomic E-state index is 0. The van der Waals surface area contributed by atoms with Crippen LogP contribution in [-0.2, 0) is 20.1 Å². The maximum atomic E-state index is 4.56. The van der Waals surface area contributed by atoms with Crippen molar-refractivity contribution in [3.63, 3.8) is 0 Å². The molecule has 0 saturated carbocycles. The third kappa shape index (κ3) is 4.25. The fraction of sp³-hybridized carbons (Fsp3) is 0.0909. The molecule has 0 amide bonds. The molecule has 4 aromatic rings. The quantitative estimate of drug-likeness (QED) is 0.351. The summed E-state index contributed by atoms with van der Waals surface area (Å²) in [6.45, 7) is 1.70. The Morgan fingerprint density at radius 3 is 1.57 bits per heavy atom. The van der Waals surface area contributed by atoms with Gasteiger partial charge in [0, 0.05) is 81.5 Å². The van der Waals surface area contributed by atoms with E-state index in [1.54, 1.807) is 12.4 Å². The maximum absolute atomic E-state index is 4.56. The second-order valence-corrected chi connectivity index (χ2v) is 6.79. The first kappa shape index (κ1) is 20.2. The van der Waals surface area contributed by atoms with Gasteiger partial charge in [0.15, 0.2) is 0 Å². The average molecular weight is 569 g/mol. The summed E-state index contributed by atoms with van der Waals surface area (Å²) >= 11 is 0. The van der Waals surface area contributed by atoms with Gasteiger partial charge in [0.25, 0.3) is 0 Å². The van der Waals surface area contributed by atoms with Crippen molar-refractivity contribution in [1.82, 2.24) is 19.9 Å². The molecular weight excluding hydrogens is 551 g/mol. The number of anilines is 2. The molecule has 0 spiro atoms. The second-order valence-electron chi connectivity index (χ2n) is 6.79. The number of aromatic nitrogens is 4. The monoisotopic (exact) mass is 570 g/mol. The minimum absolute atomic E-state index is 0. The van der Waals surface area contributed by atoms with Gasteiger partial charge in [0.2, 0.25) is 0 Å². The SMILES string of the molecule is [B]1N(c2cc(-c3cccnc3)ccn2)CCN1c1cc(-c2cccnc2)ccn1.[Ir]. The molecule has 1 saturated heterocycles. The fourth-order valence-corrected chi connectivity index (χ4v) is 3.42. The van der Waals surface area contributed by atoms with Crippen LogP contribution in [-0.4, -0.2) is 40.6 Å². The molecule has 148 valence electrons. The molecule has 30 heavy (non-hydrogen) atoms. The van der Waals surface area contributed by atoms with Crippen LogP contribution in [0.3, 0.4) is 0 Å². The summed E-state index contributed by atoms with van der Waals surface area (Å²) in [7, 11) is 2.07. The van der Waals surface area contributed by atoms with Crippen molar-refractivity contribution in [3.05, 3.63) is 85.7 Å². The third-order valence-corrected chi connectivity index (χ3v) is 4.93. The van der Waals surface area contributed by atoms with Crippen LogP contribution < -0.4 is 9.62 Å². The Hall–Kier alpha value is -3.09. The Morgan fingerprint density at radius 1 is 0.633 bits per heavy atom. The van der Waals surface area contributed by atoms with E-state index in [1.807, 2.05) is 49.1 Å². The molecule has 1 fully saturated rings. The molecule has 6 nitrogen and oxygen atoms in total. The molecule has 0 N–H and O–H groups in total. The number of nitrogens with zero attached hydrogens (tertiary/aromatic N) is 6. The maximum Gasteiger partial charge on any atom is 0.394 e. The van der Waals surface area contributed by atoms with Crippen LogP contribution in [0.2, 0.25) is 0 Å². The van der Waals surface area contributed by atoms with Crippen LogP contribution in [0.5, 0.6) is 0 Å². The van der Waals surface area contributed by atoms with Gasteiger partial charge in [-0.3, -0.25) is 9.97 Å². The zero-order chi connectivity index (χ0) is 19.5. The van der Waals surface area contributed by atoms with Crippen LogP contribution in [0.4, 0.5) is 11.6 Å². The topological polar surface area (TPSA) is 58.0 Å². The van der Waals surface area contributed by atoms with E-state index in [0.717, 1.165) is 47.0 Å². The largest absolute Gasteiger partial charge is 0.394 e. The first-order valence-corrected chi connectivity index (χ1v) is 9.48. The van der Waals surface area contributed by atoms with Crippen molar-refractivity contribution < 1.29 is 20.1 Å². The number of pyridine rings is 4. The van der Waals surface area contributed by atoms with Crippen LogP contribution in [0.1, 0.15) is 0 Å². The molecule has 0 bridgehead atoms. The van der Waals surface area contributed by atoms with E-state index in [-0.39, 0.29) is 20.1 Å². The molecule has 0 unspecified atom stereocenters. The normalized spacial score (nSPS) is 12.9. The van der Waals surface area contributed by atoms with Crippen molar-refractivity contribution in [1.29, 1.82) is 0 Å². The van der Waals surface area contributed by atoms with E-state index in [4.69, 9.17) is 0 Å². The van der Waals surface area contributed by atoms with Crippen LogP contribution in [0, 0.1) is 0 Å². The average Bonchev–Trinajstić information content (AvgIpc) is 3.31. The van der Waals surface area contributed by atoms with E-state index in [2.05, 4.69) is 61.4 Å². The van der Waals surface area contributed by atoms with Gasteiger partial charge in [-0.2, -0.15) is 0 Å². The predicted molar refractivity (Wildman–Crippen MR) is 115 cm³/mol. The molecule has 0 aliphatic carbocycles. The zero-order valence-electron chi connectivity index (χ0n) is 16.1. The Bertz CT molecular complexity index is 1020. The fourth-order valence-electron chi connectivity index (χ4n) is 3.42. The Morgan fingerprint density at radius 2 is 1.13 bits per heavy atom. The smallest absolute Gasteiger partial charge is 0.382 e. The molecule has 5 heterocycles. The summed E-state index contributed by atoms with van der Waals surface area (Å²) in [5.74, 6) is 1.83. The summed E-state index contributed by atoms with van der Waals surface area (Å²) in [5.41, 5.74) is 4.37. The molecule has 5 rings (SSSR count). The van der Waals surface area contributed by atoms with Crippen LogP contribution in [0.25, 0.3) is 22.3 Å². The van der Waals surface area contributed by atoms with Gasteiger partial charge in [-0.25, -0.2) is 9.97 Å². The first-order chi connectivity index (χ1) is 14.4. The van der Waals surface area contributed by atoms with Crippen molar-refractivity contribution in [2.75, 3.05) is 22.7 Å². The van der Waals surface area contributed by atoms with E-state index >= 15 is 0 Å². The molecule has 1 aliphatic heterocycles. The third-order valence-electron chi connectivity index (χ3n) is 4.93. The molecule has 8 heteroatoms. The van der Waals surface area contributed by atoms with Gasteiger partial charge >= 0.3 is 7.55 Å². The molecule has 0 aromatic carbocycles. The Labute approximate surface area is 189 Å². The van der Waals surface area contributed by atoms with E-state index in [1.165, 1.54) is 0 Å². The molecular formula is C22H18BIrN6. The minimum Gasteiger partial charge on any atom is -0.382 e. The van der Waals surface area contributed by atoms with Gasteiger partial charge in [0.1, 0.15) is 11.6 Å². The number of hydrogen-bond acceptors (Lipinski definition) is 6. The van der Waals surface area contributed by atoms with Gasteiger partial charge in [-0.05, 0) is 47.5 Å². The second kappa shape index (κ2) is 9.16. The zero-order valence-corrected chi connectivity index (χ0v) is 18.5. The summed E-state index contributed by atoms with van der Waals surface area (Å²) in [4.78, 5) is 21.8. The first-order valence-electron chi connectivity index (χ1n) is 9.48. The Kier molecular flexibility index (Phi) is 6.16. The summed E-state index contributed by atoms with van der Waals surface area (Å²) in [6.07, 6.45) is 11.0. The standard InChI is InChI=1S/C22H18BN6.Ir/c1-3-19(15-24-7-1)17-5-9-26-21(13-17)28-11-12-29(23-28)22-14-18(6-10-27-22)20-4-2-8-25-16-20;/h1-10,13-16H,11-12H2;. The summed E-state index contributed by atoms with van der Waals surface area (Å²) in [6, 6.07) is 16.2. The van der Waals surface area contributed by atoms with Crippen molar-refractivity contribution in [2.24, 2.45) is 0 Å². The Balaban J connectivity index is 0.00000218. The molecule has 4 aromatic heterocycles. The van der Waals surface area contributed by atoms with Crippen molar-refractivity contribution >= 4 is 19.2 Å². The van der Waals surface area contributed by atoms with E-state index in [0.29, 0.717) is 0 Å². The van der Waals surface area contributed by atoms with Gasteiger partial charge in [-0.1, -0.05) is 12.1 Å². The van der Waals surface area contributed by atoms with E-state index < -0.39 is 0 Å². The summed E-state index contributed by atoms with van der Waals surface area (Å²) in [5, 5.41) is 0. The van der Waals surface area contributed by atoms with Crippen LogP contribution >= 0.6 is 0 Å². The van der Waals surface area contributed by atoms with Gasteiger partial charge in [0.05, 0.1) is 0 Å². The molecule has 0 atom stereocenters. The summed E-state index contributed by atoms with van der Waals surface area (Å²) < 4.78 is 0. The number of rotatable bonds is 4. The van der Waals surface area contributed by atoms with Crippen LogP contribution in [0.15, 0.2) is 85.7 Å². The molecule has 2 radical (unpaired) electrons. The van der Waals surface area contributed by atoms with Gasteiger partial charge in [-0.15, -0.1) is 0 Å². The van der Waals surface area contributed by atoms with Crippen molar-refractivity contribution in [3.8, 4) is 22.3 Å². The number of hydrogen-bond donors (Lipinski definition) is 0. The molecule has 1 aliphatic rings. The van der Waals surface area contributed by atoms with E-state index in [9.17, 15) is 0 Å². The predicted octanol–water partition coefficient (Wildman–Crippen LogP) is 3.46. The van der Waals surface area contributed by atoms with Crippen molar-refractivity contribution in [2.45, 2.75) is 0 Å². The van der Waals surface area contributed by atoms with Gasteiger partial charge < -0.3 is 9.62 Å².